The molecule has 5 heteroatoms. The highest BCUT2D eigenvalue weighted by molar-refractivity contribution is 7.13. The highest BCUT2D eigenvalue weighted by atomic mass is 35.5. The third kappa shape index (κ3) is 8.55. The lowest BCUT2D eigenvalue weighted by Gasteiger charge is -2.45. The highest BCUT2D eigenvalue weighted by Crippen LogP contribution is 2.47. The molecule has 1 aromatic rings. The Morgan fingerprint density at radius 1 is 1.29 bits per heavy atom. The summed E-state index contributed by atoms with van der Waals surface area (Å²) in [7, 11) is 1.40. The van der Waals surface area contributed by atoms with Gasteiger partial charge in [0.15, 0.2) is 0 Å². The van der Waals surface area contributed by atoms with E-state index in [0.29, 0.717) is 16.2 Å². The monoisotopic (exact) mass is 470 g/mol. The third-order valence-electron chi connectivity index (χ3n) is 6.53. The van der Waals surface area contributed by atoms with Crippen LogP contribution in [0.5, 0.6) is 0 Å². The van der Waals surface area contributed by atoms with Crippen molar-refractivity contribution in [2.75, 3.05) is 7.11 Å². The summed E-state index contributed by atoms with van der Waals surface area (Å²) >= 11 is 7.75. The number of alkyl halides is 1. The maximum absolute atomic E-state index is 11.0. The molecule has 3 atom stereocenters. The second-order valence-electron chi connectivity index (χ2n) is 8.37. The molecule has 2 fully saturated rings. The molecular formula is C26H43ClO3S. The van der Waals surface area contributed by atoms with Gasteiger partial charge in [-0.2, -0.15) is 0 Å². The van der Waals surface area contributed by atoms with E-state index in [1.165, 1.54) is 55.4 Å². The zero-order chi connectivity index (χ0) is 23.3. The minimum atomic E-state index is -0.234. The van der Waals surface area contributed by atoms with Gasteiger partial charge in [0, 0.05) is 10.3 Å². The van der Waals surface area contributed by atoms with Crippen LogP contribution in [0.1, 0.15) is 100 Å². The van der Waals surface area contributed by atoms with E-state index in [1.54, 1.807) is 0 Å². The van der Waals surface area contributed by atoms with E-state index in [9.17, 15) is 9.90 Å². The maximum Gasteiger partial charge on any atom is 0.348 e. The molecule has 1 unspecified atom stereocenters. The number of thiophene rings is 1. The Bertz CT molecular complexity index is 645. The van der Waals surface area contributed by atoms with Gasteiger partial charge in [-0.15, -0.1) is 22.9 Å². The summed E-state index contributed by atoms with van der Waals surface area (Å²) in [4.78, 5) is 13.0. The number of halogens is 1. The predicted molar refractivity (Wildman–Crippen MR) is 134 cm³/mol. The first-order valence-corrected chi connectivity index (χ1v) is 13.4. The van der Waals surface area contributed by atoms with Crippen LogP contribution in [0.25, 0.3) is 0 Å². The summed E-state index contributed by atoms with van der Waals surface area (Å²) in [6.07, 6.45) is 15.7. The second kappa shape index (κ2) is 15.1. The fourth-order valence-electron chi connectivity index (χ4n) is 4.31. The van der Waals surface area contributed by atoms with Crippen LogP contribution in [0.2, 0.25) is 0 Å². The van der Waals surface area contributed by atoms with Crippen molar-refractivity contribution in [3.8, 4) is 0 Å². The number of methoxy groups -OCH3 is 1. The number of hydrogen-bond donors (Lipinski definition) is 1. The molecule has 0 bridgehead atoms. The van der Waals surface area contributed by atoms with E-state index in [0.717, 1.165) is 32.1 Å². The first-order chi connectivity index (χ1) is 15.0. The number of ether oxygens (including phenoxy) is 1. The zero-order valence-corrected chi connectivity index (χ0v) is 21.7. The summed E-state index contributed by atoms with van der Waals surface area (Å²) in [5, 5.41) is 10.6. The molecule has 0 amide bonds. The van der Waals surface area contributed by atoms with E-state index in [4.69, 9.17) is 11.6 Å². The van der Waals surface area contributed by atoms with Crippen LogP contribution in [-0.2, 0) is 11.2 Å². The number of aliphatic hydroxyl groups is 1. The Labute approximate surface area is 199 Å². The summed E-state index contributed by atoms with van der Waals surface area (Å²) in [5.74, 6) is 0.310. The Kier molecular flexibility index (Phi) is 13.7. The molecule has 31 heavy (non-hydrogen) atoms. The number of aliphatic hydroxyl groups excluding tert-OH is 1. The van der Waals surface area contributed by atoms with Gasteiger partial charge >= 0.3 is 5.97 Å². The van der Waals surface area contributed by atoms with Crippen LogP contribution in [0.3, 0.4) is 0 Å². The molecular weight excluding hydrogens is 428 g/mol. The molecule has 0 saturated heterocycles. The average molecular weight is 471 g/mol. The number of rotatable bonds is 8. The molecule has 0 aromatic carbocycles. The van der Waals surface area contributed by atoms with Crippen LogP contribution >= 0.6 is 22.9 Å². The molecule has 0 aliphatic heterocycles. The summed E-state index contributed by atoms with van der Waals surface area (Å²) in [6.45, 7) is 8.33. The van der Waals surface area contributed by atoms with Gasteiger partial charge in [-0.1, -0.05) is 59.1 Å². The Morgan fingerprint density at radius 3 is 2.48 bits per heavy atom. The van der Waals surface area contributed by atoms with Crippen LogP contribution in [0, 0.1) is 11.3 Å². The van der Waals surface area contributed by atoms with E-state index in [-0.39, 0.29) is 17.5 Å². The molecule has 3 nitrogen and oxygen atoms in total. The smallest absolute Gasteiger partial charge is 0.348 e. The normalized spacial score (nSPS) is 22.5. The molecule has 1 heterocycles. The molecule has 2 aliphatic carbocycles. The molecule has 0 spiro atoms. The van der Waals surface area contributed by atoms with Gasteiger partial charge in [0.25, 0.3) is 0 Å². The van der Waals surface area contributed by atoms with Crippen molar-refractivity contribution < 1.29 is 14.6 Å². The van der Waals surface area contributed by atoms with Crippen molar-refractivity contribution in [3.63, 3.8) is 0 Å². The van der Waals surface area contributed by atoms with Gasteiger partial charge in [-0.25, -0.2) is 4.79 Å². The number of carbonyl (C=O) groups excluding carboxylic acids is 1. The molecule has 1 N–H and O–H groups in total. The highest BCUT2D eigenvalue weighted by Gasteiger charge is 2.40. The lowest BCUT2D eigenvalue weighted by molar-refractivity contribution is -0.0355. The SMILES string of the molecule is CC.CCC1(C(O)C/C=C/[C@@H]2CCC[C@@H]2Cl)CCC1.CCCc1ccc(C(=O)OC)s1. The fraction of sp³-hybridized carbons (Fsp3) is 0.731. The maximum atomic E-state index is 11.0. The predicted octanol–water partition coefficient (Wildman–Crippen LogP) is 7.79. The third-order valence-corrected chi connectivity index (χ3v) is 8.20. The van der Waals surface area contributed by atoms with Gasteiger partial charge < -0.3 is 9.84 Å². The first-order valence-electron chi connectivity index (χ1n) is 12.1. The van der Waals surface area contributed by atoms with Gasteiger partial charge in [0.05, 0.1) is 13.2 Å². The van der Waals surface area contributed by atoms with Crippen molar-refractivity contribution in [2.24, 2.45) is 11.3 Å². The number of allylic oxidation sites excluding steroid dienone is 1. The Balaban J connectivity index is 0.000000303. The molecule has 2 saturated carbocycles. The van der Waals surface area contributed by atoms with Crippen LogP contribution < -0.4 is 0 Å². The van der Waals surface area contributed by atoms with Gasteiger partial charge in [-0.05, 0) is 68.4 Å². The van der Waals surface area contributed by atoms with E-state index in [1.807, 2.05) is 26.0 Å². The van der Waals surface area contributed by atoms with Crippen molar-refractivity contribution in [1.29, 1.82) is 0 Å². The van der Waals surface area contributed by atoms with Crippen molar-refractivity contribution in [2.45, 2.75) is 103 Å². The fourth-order valence-corrected chi connectivity index (χ4v) is 5.71. The molecule has 0 radical (unpaired) electrons. The molecule has 3 rings (SSSR count). The molecule has 1 aromatic heterocycles. The summed E-state index contributed by atoms with van der Waals surface area (Å²) < 4.78 is 4.60. The number of aryl methyl sites for hydroxylation is 1. The van der Waals surface area contributed by atoms with E-state index >= 15 is 0 Å². The lowest BCUT2D eigenvalue weighted by atomic mass is 9.63. The van der Waals surface area contributed by atoms with Gasteiger partial charge in [0.2, 0.25) is 0 Å². The largest absolute Gasteiger partial charge is 0.465 e. The number of hydrogen-bond acceptors (Lipinski definition) is 4. The van der Waals surface area contributed by atoms with E-state index in [2.05, 4.69) is 30.7 Å². The Morgan fingerprint density at radius 2 is 2.00 bits per heavy atom. The summed E-state index contributed by atoms with van der Waals surface area (Å²) in [6, 6.07) is 3.81. The van der Waals surface area contributed by atoms with Gasteiger partial charge in [-0.3, -0.25) is 0 Å². The van der Waals surface area contributed by atoms with Crippen molar-refractivity contribution >= 4 is 28.9 Å². The quantitative estimate of drug-likeness (QED) is 0.239. The van der Waals surface area contributed by atoms with Crippen LogP contribution in [0.4, 0.5) is 0 Å². The molecule has 178 valence electrons. The topological polar surface area (TPSA) is 46.5 Å². The lowest BCUT2D eigenvalue weighted by Crippen LogP contribution is -2.40. The Hall–Kier alpha value is -0.840. The number of esters is 1. The minimum Gasteiger partial charge on any atom is -0.465 e. The second-order valence-corrected chi connectivity index (χ2v) is 10.1. The average Bonchev–Trinajstić information content (AvgIpc) is 3.39. The minimum absolute atomic E-state index is 0.146. The number of carbonyl (C=O) groups is 1. The van der Waals surface area contributed by atoms with Crippen LogP contribution in [0.15, 0.2) is 24.3 Å². The standard InChI is InChI=1S/C15H25ClO.C9H12O2S.C2H6/c1-2-15(10-5-11-15)14(17)9-4-7-12-6-3-8-13(12)16;1-3-4-7-5-6-8(12-7)9(10)11-2;1-2/h4,7,12-14,17H,2-3,5-6,8-11H2,1H3;5-6H,3-4H2,1-2H3;1-2H3/b7-4+;;/t12-,13-,14?;;/m0../s1. The van der Waals surface area contributed by atoms with Crippen molar-refractivity contribution in [1.82, 2.24) is 0 Å². The zero-order valence-electron chi connectivity index (χ0n) is 20.2. The van der Waals surface area contributed by atoms with E-state index < -0.39 is 0 Å². The summed E-state index contributed by atoms with van der Waals surface area (Å²) in [5.41, 5.74) is 0.236. The van der Waals surface area contributed by atoms with Crippen LogP contribution in [-0.4, -0.2) is 29.7 Å². The first kappa shape index (κ1) is 28.2. The van der Waals surface area contributed by atoms with Crippen molar-refractivity contribution in [3.05, 3.63) is 34.0 Å². The van der Waals surface area contributed by atoms with Gasteiger partial charge in [0.1, 0.15) is 4.88 Å². The molecule has 2 aliphatic rings.